The molecule has 1 heterocycles. The molecule has 0 spiro atoms. The van der Waals surface area contributed by atoms with Crippen LogP contribution >= 0.6 is 0 Å². The van der Waals surface area contributed by atoms with E-state index < -0.39 is 5.41 Å². The average Bonchev–Trinajstić information content (AvgIpc) is 2.93. The molecule has 0 radical (unpaired) electrons. The summed E-state index contributed by atoms with van der Waals surface area (Å²) in [5.74, 6) is 0.563. The highest BCUT2D eigenvalue weighted by Crippen LogP contribution is 2.26. The van der Waals surface area contributed by atoms with E-state index in [4.69, 9.17) is 0 Å². The first-order chi connectivity index (χ1) is 11.5. The Hall–Kier alpha value is -2.62. The molecular formula is C20H23N3O. The van der Waals surface area contributed by atoms with Crippen LogP contribution in [0.25, 0.3) is 11.0 Å². The maximum absolute atomic E-state index is 12.9. The number of amides is 1. The second-order valence-corrected chi connectivity index (χ2v) is 6.52. The fourth-order valence-electron chi connectivity index (χ4n) is 2.86. The number of rotatable bonds is 5. The van der Waals surface area contributed by atoms with Crippen molar-refractivity contribution in [2.75, 3.05) is 5.32 Å². The van der Waals surface area contributed by atoms with Gasteiger partial charge >= 0.3 is 0 Å². The van der Waals surface area contributed by atoms with Crippen molar-refractivity contribution in [2.24, 2.45) is 0 Å². The van der Waals surface area contributed by atoms with Crippen LogP contribution in [0.2, 0.25) is 0 Å². The van der Waals surface area contributed by atoms with E-state index in [9.17, 15) is 4.79 Å². The van der Waals surface area contributed by atoms with Crippen LogP contribution in [0, 0.1) is 0 Å². The highest BCUT2D eigenvalue weighted by Gasteiger charge is 2.30. The van der Waals surface area contributed by atoms with Gasteiger partial charge in [-0.2, -0.15) is 0 Å². The van der Waals surface area contributed by atoms with Crippen molar-refractivity contribution in [2.45, 2.75) is 39.2 Å². The lowest BCUT2D eigenvalue weighted by Gasteiger charge is -2.24. The number of aromatic nitrogens is 2. The van der Waals surface area contributed by atoms with E-state index in [0.717, 1.165) is 29.6 Å². The van der Waals surface area contributed by atoms with Crippen molar-refractivity contribution in [3.8, 4) is 0 Å². The van der Waals surface area contributed by atoms with E-state index in [1.807, 2.05) is 68.4 Å². The van der Waals surface area contributed by atoms with Crippen LogP contribution in [0.15, 0.2) is 54.6 Å². The van der Waals surface area contributed by atoms with Gasteiger partial charge in [-0.1, -0.05) is 49.4 Å². The van der Waals surface area contributed by atoms with Gasteiger partial charge in [0.05, 0.1) is 16.4 Å². The Morgan fingerprint density at radius 3 is 2.46 bits per heavy atom. The topological polar surface area (TPSA) is 46.9 Å². The molecule has 3 rings (SSSR count). The fraction of sp³-hybridized carbons (Fsp3) is 0.300. The van der Waals surface area contributed by atoms with E-state index in [1.54, 1.807) is 0 Å². The zero-order valence-electron chi connectivity index (χ0n) is 14.4. The van der Waals surface area contributed by atoms with Gasteiger partial charge in [0.1, 0.15) is 0 Å². The number of benzene rings is 2. The van der Waals surface area contributed by atoms with Crippen LogP contribution in [0.3, 0.4) is 0 Å². The van der Waals surface area contributed by atoms with E-state index in [2.05, 4.69) is 21.8 Å². The second kappa shape index (κ2) is 6.48. The van der Waals surface area contributed by atoms with Gasteiger partial charge in [-0.3, -0.25) is 10.1 Å². The molecule has 1 N–H and O–H groups in total. The zero-order valence-corrected chi connectivity index (χ0v) is 14.4. The van der Waals surface area contributed by atoms with Crippen molar-refractivity contribution in [3.63, 3.8) is 0 Å². The molecule has 1 aromatic heterocycles. The number of hydrogen-bond acceptors (Lipinski definition) is 2. The molecule has 4 heteroatoms. The van der Waals surface area contributed by atoms with E-state index >= 15 is 0 Å². The molecule has 0 unspecified atom stereocenters. The van der Waals surface area contributed by atoms with Crippen LogP contribution in [-0.4, -0.2) is 15.5 Å². The largest absolute Gasteiger partial charge is 0.310 e. The number of imidazole rings is 1. The van der Waals surface area contributed by atoms with Gasteiger partial charge in [-0.05, 0) is 38.0 Å². The number of nitrogens with zero attached hydrogens (tertiary/aromatic N) is 2. The number of para-hydroxylation sites is 2. The Bertz CT molecular complexity index is 850. The van der Waals surface area contributed by atoms with Crippen molar-refractivity contribution in [1.29, 1.82) is 0 Å². The van der Waals surface area contributed by atoms with E-state index in [-0.39, 0.29) is 5.91 Å². The zero-order chi connectivity index (χ0) is 17.2. The Morgan fingerprint density at radius 2 is 1.75 bits per heavy atom. The summed E-state index contributed by atoms with van der Waals surface area (Å²) in [6.45, 7) is 6.81. The molecule has 0 aliphatic carbocycles. The molecule has 1 amide bonds. The number of fused-ring (bicyclic) bond motifs is 1. The average molecular weight is 321 g/mol. The summed E-state index contributed by atoms with van der Waals surface area (Å²) in [7, 11) is 0. The Balaban J connectivity index is 1.94. The van der Waals surface area contributed by atoms with Gasteiger partial charge in [0.15, 0.2) is 0 Å². The first-order valence-electron chi connectivity index (χ1n) is 8.36. The van der Waals surface area contributed by atoms with Gasteiger partial charge in [0.25, 0.3) is 0 Å². The fourth-order valence-corrected chi connectivity index (χ4v) is 2.86. The highest BCUT2D eigenvalue weighted by atomic mass is 16.2. The number of nitrogens with one attached hydrogen (secondary N) is 1. The van der Waals surface area contributed by atoms with Gasteiger partial charge in [0.2, 0.25) is 11.9 Å². The van der Waals surface area contributed by atoms with Gasteiger partial charge in [-0.25, -0.2) is 4.98 Å². The predicted molar refractivity (Wildman–Crippen MR) is 98.1 cm³/mol. The molecule has 3 aromatic rings. The molecule has 0 aliphatic rings. The van der Waals surface area contributed by atoms with Crippen LogP contribution in [0.4, 0.5) is 5.95 Å². The first-order valence-corrected chi connectivity index (χ1v) is 8.36. The third kappa shape index (κ3) is 2.92. The second-order valence-electron chi connectivity index (χ2n) is 6.52. The molecule has 0 aliphatic heterocycles. The summed E-state index contributed by atoms with van der Waals surface area (Å²) in [5, 5.41) is 3.04. The number of aryl methyl sites for hydroxylation is 1. The number of carbonyl (C=O) groups is 1. The normalized spacial score (nSPS) is 11.6. The molecule has 0 fully saturated rings. The van der Waals surface area contributed by atoms with E-state index in [0.29, 0.717) is 5.95 Å². The maximum atomic E-state index is 12.9. The van der Waals surface area contributed by atoms with Gasteiger partial charge < -0.3 is 4.57 Å². The summed E-state index contributed by atoms with van der Waals surface area (Å²) in [6, 6.07) is 17.8. The third-order valence-electron chi connectivity index (χ3n) is 4.39. The minimum atomic E-state index is -0.629. The molecule has 124 valence electrons. The minimum Gasteiger partial charge on any atom is -0.310 e. The molecule has 2 aromatic carbocycles. The van der Waals surface area contributed by atoms with Crippen molar-refractivity contribution in [1.82, 2.24) is 9.55 Å². The molecular weight excluding hydrogens is 298 g/mol. The molecule has 0 atom stereocenters. The summed E-state index contributed by atoms with van der Waals surface area (Å²) >= 11 is 0. The molecule has 24 heavy (non-hydrogen) atoms. The van der Waals surface area contributed by atoms with Crippen LogP contribution < -0.4 is 5.32 Å². The van der Waals surface area contributed by atoms with Gasteiger partial charge in [-0.15, -0.1) is 0 Å². The summed E-state index contributed by atoms with van der Waals surface area (Å²) in [5.41, 5.74) is 2.31. The van der Waals surface area contributed by atoms with E-state index in [1.165, 1.54) is 0 Å². The predicted octanol–water partition coefficient (Wildman–Crippen LogP) is 4.36. The van der Waals surface area contributed by atoms with Crippen LogP contribution in [0.5, 0.6) is 0 Å². The summed E-state index contributed by atoms with van der Waals surface area (Å²) in [4.78, 5) is 17.5. The SMILES string of the molecule is CCCn1c(NC(=O)C(C)(C)c2ccccc2)nc2ccccc21. The van der Waals surface area contributed by atoms with Crippen LogP contribution in [0.1, 0.15) is 32.8 Å². The van der Waals surface area contributed by atoms with Gasteiger partial charge in [0, 0.05) is 6.54 Å². The first kappa shape index (κ1) is 16.2. The molecule has 0 saturated carbocycles. The number of carbonyl (C=O) groups excluding carboxylic acids is 1. The lowest BCUT2D eigenvalue weighted by atomic mass is 9.84. The minimum absolute atomic E-state index is 0.0543. The quantitative estimate of drug-likeness (QED) is 0.759. The number of anilines is 1. The molecule has 0 bridgehead atoms. The summed E-state index contributed by atoms with van der Waals surface area (Å²) in [6.07, 6.45) is 0.977. The lowest BCUT2D eigenvalue weighted by molar-refractivity contribution is -0.120. The Morgan fingerprint density at radius 1 is 1.08 bits per heavy atom. The van der Waals surface area contributed by atoms with Crippen molar-refractivity contribution >= 4 is 22.9 Å². The van der Waals surface area contributed by atoms with Crippen molar-refractivity contribution < 1.29 is 4.79 Å². The van der Waals surface area contributed by atoms with Crippen molar-refractivity contribution in [3.05, 3.63) is 60.2 Å². The number of hydrogen-bond donors (Lipinski definition) is 1. The molecule has 0 saturated heterocycles. The maximum Gasteiger partial charge on any atom is 0.236 e. The Kier molecular flexibility index (Phi) is 4.38. The highest BCUT2D eigenvalue weighted by molar-refractivity contribution is 5.98. The third-order valence-corrected chi connectivity index (χ3v) is 4.39. The van der Waals surface area contributed by atoms with Crippen LogP contribution in [-0.2, 0) is 16.8 Å². The smallest absolute Gasteiger partial charge is 0.236 e. The lowest BCUT2D eigenvalue weighted by Crippen LogP contribution is -2.35. The summed E-state index contributed by atoms with van der Waals surface area (Å²) < 4.78 is 2.08. The monoisotopic (exact) mass is 321 g/mol. The molecule has 4 nitrogen and oxygen atoms in total. The Labute approximate surface area is 142 Å². The standard InChI is InChI=1S/C20H23N3O/c1-4-14-23-17-13-9-8-12-16(17)21-19(23)22-18(24)20(2,3)15-10-6-5-7-11-15/h5-13H,4,14H2,1-3H3,(H,21,22,24).